The number of carbonyl (C=O) groups excluding carboxylic acids is 2. The maximum Gasteiger partial charge on any atom is 0.251 e. The predicted molar refractivity (Wildman–Crippen MR) is 76.6 cm³/mol. The zero-order valence-corrected chi connectivity index (χ0v) is 12.2. The Morgan fingerprint density at radius 2 is 1.84 bits per heavy atom. The van der Waals surface area contributed by atoms with Crippen molar-refractivity contribution in [2.75, 3.05) is 19.4 Å². The molecule has 0 saturated heterocycles. The molecule has 2 amide bonds. The van der Waals surface area contributed by atoms with Crippen LogP contribution in [0.2, 0.25) is 5.02 Å². The lowest BCUT2D eigenvalue weighted by Crippen LogP contribution is -2.47. The molecule has 1 rings (SSSR count). The summed E-state index contributed by atoms with van der Waals surface area (Å²) in [7, 11) is 3.24. The number of likely N-dealkylation sites (N-methyl/N-ethyl adjacent to an activating group) is 1. The summed E-state index contributed by atoms with van der Waals surface area (Å²) in [4.78, 5) is 23.6. The fraction of sp³-hybridized carbons (Fsp3) is 0.385. The second kappa shape index (κ2) is 6.04. The van der Waals surface area contributed by atoms with Crippen LogP contribution in [-0.2, 0) is 4.79 Å². The summed E-state index contributed by atoms with van der Waals surface area (Å²) in [5.41, 5.74) is 0.118. The van der Waals surface area contributed by atoms with Crippen molar-refractivity contribution in [1.82, 2.24) is 10.6 Å². The van der Waals surface area contributed by atoms with Crippen LogP contribution >= 0.6 is 11.6 Å². The molecule has 6 heteroatoms. The highest BCUT2D eigenvalue weighted by Crippen LogP contribution is 2.24. The maximum absolute atomic E-state index is 12.0. The van der Waals surface area contributed by atoms with Gasteiger partial charge >= 0.3 is 0 Å². The molecule has 3 N–H and O–H groups in total. The van der Waals surface area contributed by atoms with E-state index in [1.165, 1.54) is 0 Å². The molecule has 104 valence electrons. The van der Waals surface area contributed by atoms with E-state index in [0.29, 0.717) is 16.3 Å². The third-order valence-electron chi connectivity index (χ3n) is 2.90. The van der Waals surface area contributed by atoms with Crippen LogP contribution in [0.15, 0.2) is 18.2 Å². The van der Waals surface area contributed by atoms with Crippen molar-refractivity contribution in [2.24, 2.45) is 0 Å². The highest BCUT2D eigenvalue weighted by molar-refractivity contribution is 6.34. The van der Waals surface area contributed by atoms with Gasteiger partial charge in [0.05, 0.1) is 16.2 Å². The average Bonchev–Trinajstić information content (AvgIpc) is 2.40. The lowest BCUT2D eigenvalue weighted by Gasteiger charge is -2.23. The van der Waals surface area contributed by atoms with Crippen molar-refractivity contribution in [1.29, 1.82) is 0 Å². The molecular weight excluding hydrogens is 266 g/mol. The van der Waals surface area contributed by atoms with E-state index in [9.17, 15) is 9.59 Å². The molecule has 0 unspecified atom stereocenters. The Labute approximate surface area is 117 Å². The molecule has 1 aromatic carbocycles. The van der Waals surface area contributed by atoms with Crippen LogP contribution in [-0.4, -0.2) is 31.4 Å². The van der Waals surface area contributed by atoms with Crippen molar-refractivity contribution in [2.45, 2.75) is 19.4 Å². The highest BCUT2D eigenvalue weighted by atomic mass is 35.5. The first-order valence-electron chi connectivity index (χ1n) is 5.84. The quantitative estimate of drug-likeness (QED) is 0.787. The van der Waals surface area contributed by atoms with E-state index in [2.05, 4.69) is 16.0 Å². The van der Waals surface area contributed by atoms with Gasteiger partial charge in [-0.05, 0) is 39.1 Å². The Hall–Kier alpha value is -1.59. The first-order valence-corrected chi connectivity index (χ1v) is 6.21. The largest absolute Gasteiger partial charge is 0.355 e. The molecule has 5 nitrogen and oxygen atoms in total. The molecule has 0 saturated carbocycles. The van der Waals surface area contributed by atoms with Crippen LogP contribution in [0.3, 0.4) is 0 Å². The zero-order valence-electron chi connectivity index (χ0n) is 11.4. The predicted octanol–water partition coefficient (Wildman–Crippen LogP) is 1.64. The summed E-state index contributed by atoms with van der Waals surface area (Å²) in [6.45, 7) is 3.50. The van der Waals surface area contributed by atoms with Crippen molar-refractivity contribution in [3.8, 4) is 0 Å². The van der Waals surface area contributed by atoms with E-state index < -0.39 is 5.54 Å². The van der Waals surface area contributed by atoms with Gasteiger partial charge in [-0.2, -0.15) is 0 Å². The molecule has 0 aliphatic rings. The summed E-state index contributed by atoms with van der Waals surface area (Å²) >= 11 is 6.01. The van der Waals surface area contributed by atoms with Gasteiger partial charge in [-0.15, -0.1) is 0 Å². The van der Waals surface area contributed by atoms with Crippen LogP contribution in [0, 0.1) is 0 Å². The van der Waals surface area contributed by atoms with E-state index >= 15 is 0 Å². The first-order chi connectivity index (χ1) is 8.81. The molecule has 0 spiro atoms. The third-order valence-corrected chi connectivity index (χ3v) is 3.23. The molecular formula is C13H18ClN3O2. The number of nitrogens with one attached hydrogen (secondary N) is 3. The molecule has 0 aliphatic carbocycles. The van der Waals surface area contributed by atoms with E-state index in [1.54, 1.807) is 46.1 Å². The van der Waals surface area contributed by atoms with Gasteiger partial charge in [-0.25, -0.2) is 0 Å². The SMILES string of the molecule is CNC(=O)c1ccc(Cl)c(NC(=O)C(C)(C)NC)c1. The van der Waals surface area contributed by atoms with E-state index in [0.717, 1.165) is 0 Å². The second-order valence-electron chi connectivity index (χ2n) is 4.60. The summed E-state index contributed by atoms with van der Waals surface area (Å²) < 4.78 is 0. The minimum atomic E-state index is -0.730. The number of anilines is 1. The molecule has 0 aliphatic heterocycles. The number of halogens is 1. The summed E-state index contributed by atoms with van der Waals surface area (Å²) in [5, 5.41) is 8.50. The summed E-state index contributed by atoms with van der Waals surface area (Å²) in [5.74, 6) is -0.467. The molecule has 0 aromatic heterocycles. The third kappa shape index (κ3) is 3.68. The number of amides is 2. The van der Waals surface area contributed by atoms with Crippen LogP contribution in [0.1, 0.15) is 24.2 Å². The lowest BCUT2D eigenvalue weighted by atomic mass is 10.0. The van der Waals surface area contributed by atoms with Gasteiger partial charge in [-0.1, -0.05) is 11.6 Å². The first kappa shape index (κ1) is 15.5. The fourth-order valence-corrected chi connectivity index (χ4v) is 1.46. The van der Waals surface area contributed by atoms with Crippen LogP contribution in [0.5, 0.6) is 0 Å². The van der Waals surface area contributed by atoms with Gasteiger partial charge in [0, 0.05) is 12.6 Å². The molecule has 0 heterocycles. The normalized spacial score (nSPS) is 11.0. The van der Waals surface area contributed by atoms with Crippen LogP contribution in [0.4, 0.5) is 5.69 Å². The standard InChI is InChI=1S/C13H18ClN3O2/c1-13(2,16-4)12(19)17-10-7-8(11(18)15-3)5-6-9(10)14/h5-7,16H,1-4H3,(H,15,18)(H,17,19). The number of rotatable bonds is 4. The van der Waals surface area contributed by atoms with Gasteiger partial charge in [0.1, 0.15) is 0 Å². The average molecular weight is 284 g/mol. The molecule has 0 radical (unpaired) electrons. The van der Waals surface area contributed by atoms with Gasteiger partial charge < -0.3 is 16.0 Å². The maximum atomic E-state index is 12.0. The summed E-state index contributed by atoms with van der Waals surface area (Å²) in [6.07, 6.45) is 0. The topological polar surface area (TPSA) is 70.2 Å². The van der Waals surface area contributed by atoms with E-state index in [4.69, 9.17) is 11.6 Å². The van der Waals surface area contributed by atoms with Crippen molar-refractivity contribution in [3.05, 3.63) is 28.8 Å². The van der Waals surface area contributed by atoms with E-state index in [-0.39, 0.29) is 11.8 Å². The Kier molecular flexibility index (Phi) is 4.91. The number of hydrogen-bond acceptors (Lipinski definition) is 3. The second-order valence-corrected chi connectivity index (χ2v) is 5.01. The molecule has 1 aromatic rings. The Morgan fingerprint density at radius 1 is 1.21 bits per heavy atom. The number of benzene rings is 1. The van der Waals surface area contributed by atoms with Crippen molar-refractivity contribution < 1.29 is 9.59 Å². The van der Waals surface area contributed by atoms with Crippen molar-refractivity contribution >= 4 is 29.1 Å². The number of carbonyl (C=O) groups is 2. The van der Waals surface area contributed by atoms with Gasteiger partial charge in [0.2, 0.25) is 5.91 Å². The molecule has 19 heavy (non-hydrogen) atoms. The van der Waals surface area contributed by atoms with Gasteiger partial charge in [-0.3, -0.25) is 9.59 Å². The fourth-order valence-electron chi connectivity index (χ4n) is 1.30. The minimum absolute atomic E-state index is 0.231. The minimum Gasteiger partial charge on any atom is -0.355 e. The van der Waals surface area contributed by atoms with Gasteiger partial charge in [0.25, 0.3) is 5.91 Å². The molecule has 0 fully saturated rings. The van der Waals surface area contributed by atoms with Crippen LogP contribution < -0.4 is 16.0 Å². The molecule has 0 bridgehead atoms. The molecule has 0 atom stereocenters. The Morgan fingerprint density at radius 3 is 2.37 bits per heavy atom. The number of hydrogen-bond donors (Lipinski definition) is 3. The monoisotopic (exact) mass is 283 g/mol. The zero-order chi connectivity index (χ0) is 14.6. The van der Waals surface area contributed by atoms with Crippen molar-refractivity contribution in [3.63, 3.8) is 0 Å². The van der Waals surface area contributed by atoms with Crippen LogP contribution in [0.25, 0.3) is 0 Å². The lowest BCUT2D eigenvalue weighted by molar-refractivity contribution is -0.121. The smallest absolute Gasteiger partial charge is 0.251 e. The highest BCUT2D eigenvalue weighted by Gasteiger charge is 2.25. The summed E-state index contributed by atoms with van der Waals surface area (Å²) in [6, 6.07) is 4.72. The Balaban J connectivity index is 3.01. The Bertz CT molecular complexity index is 501. The van der Waals surface area contributed by atoms with Gasteiger partial charge in [0.15, 0.2) is 0 Å². The van der Waals surface area contributed by atoms with E-state index in [1.807, 2.05) is 0 Å².